The van der Waals surface area contributed by atoms with Crippen LogP contribution in [0.1, 0.15) is 17.5 Å². The molecule has 0 aliphatic rings. The fraction of sp³-hybridized carbons (Fsp3) is 0.250. The first-order valence-electron chi connectivity index (χ1n) is 8.30. The molecule has 140 valence electrons. The summed E-state index contributed by atoms with van der Waals surface area (Å²) in [4.78, 5) is 24.6. The first-order chi connectivity index (χ1) is 13.0. The number of nitrogens with one attached hydrogen (secondary N) is 1. The number of thioether (sulfide) groups is 1. The zero-order valence-electron chi connectivity index (χ0n) is 15.2. The lowest BCUT2D eigenvalue weighted by Crippen LogP contribution is -2.22. The number of rotatable bonds is 8. The predicted molar refractivity (Wildman–Crippen MR) is 104 cm³/mol. The van der Waals surface area contributed by atoms with Crippen LogP contribution >= 0.6 is 11.8 Å². The fourth-order valence-electron chi connectivity index (χ4n) is 2.40. The lowest BCUT2D eigenvalue weighted by molar-refractivity contribution is -0.147. The van der Waals surface area contributed by atoms with Gasteiger partial charge in [-0.25, -0.2) is 0 Å². The number of nitrogens with zero attached hydrogens (tertiary/aromatic N) is 1. The van der Waals surface area contributed by atoms with Crippen molar-refractivity contribution in [1.29, 1.82) is 5.26 Å². The first kappa shape index (κ1) is 20.3. The lowest BCUT2D eigenvalue weighted by atomic mass is 10.1. The van der Waals surface area contributed by atoms with Crippen LogP contribution in [0.15, 0.2) is 47.4 Å². The Morgan fingerprint density at radius 1 is 1.15 bits per heavy atom. The van der Waals surface area contributed by atoms with Gasteiger partial charge >= 0.3 is 5.97 Å². The molecule has 1 N–H and O–H groups in total. The third kappa shape index (κ3) is 6.68. The number of anilines is 1. The van der Waals surface area contributed by atoms with E-state index in [-0.39, 0.29) is 19.6 Å². The molecule has 0 heterocycles. The van der Waals surface area contributed by atoms with Gasteiger partial charge in [-0.2, -0.15) is 5.26 Å². The van der Waals surface area contributed by atoms with E-state index in [9.17, 15) is 9.59 Å². The second-order valence-electron chi connectivity index (χ2n) is 5.75. The van der Waals surface area contributed by atoms with E-state index < -0.39 is 11.9 Å². The molecule has 27 heavy (non-hydrogen) atoms. The number of carbonyl (C=O) groups excluding carboxylic acids is 2. The molecule has 0 aliphatic carbocycles. The van der Waals surface area contributed by atoms with Gasteiger partial charge in [-0.05, 0) is 61.0 Å². The third-order valence-corrected chi connectivity index (χ3v) is 4.18. The minimum absolute atomic E-state index is 0.0559. The highest BCUT2D eigenvalue weighted by atomic mass is 32.2. The zero-order chi connectivity index (χ0) is 19.6. The van der Waals surface area contributed by atoms with Crippen molar-refractivity contribution < 1.29 is 19.1 Å². The van der Waals surface area contributed by atoms with Crippen LogP contribution in [0.2, 0.25) is 0 Å². The molecule has 0 radical (unpaired) electrons. The van der Waals surface area contributed by atoms with Crippen LogP contribution in [0, 0.1) is 24.5 Å². The number of carbonyl (C=O) groups is 2. The van der Waals surface area contributed by atoms with Crippen molar-refractivity contribution in [3.8, 4) is 11.2 Å². The lowest BCUT2D eigenvalue weighted by Gasteiger charge is -2.13. The van der Waals surface area contributed by atoms with Crippen molar-refractivity contribution in [3.63, 3.8) is 0 Å². The molecule has 6 nitrogen and oxygen atoms in total. The van der Waals surface area contributed by atoms with Crippen molar-refractivity contribution in [3.05, 3.63) is 53.6 Å². The Kier molecular flexibility index (Phi) is 7.71. The second-order valence-corrected chi connectivity index (χ2v) is 6.60. The van der Waals surface area contributed by atoms with Gasteiger partial charge in [-0.15, -0.1) is 0 Å². The van der Waals surface area contributed by atoms with E-state index in [4.69, 9.17) is 14.7 Å². The molecule has 0 fully saturated rings. The quantitative estimate of drug-likeness (QED) is 0.423. The molecule has 0 saturated heterocycles. The molecular formula is C20H20N2O4S. The van der Waals surface area contributed by atoms with Crippen LogP contribution in [-0.2, 0) is 14.3 Å². The molecule has 0 aromatic heterocycles. The number of esters is 1. The summed E-state index contributed by atoms with van der Waals surface area (Å²) in [6.07, 6.45) is 0.0559. The number of thiocyanates is 1. The van der Waals surface area contributed by atoms with Gasteiger partial charge in [0.25, 0.3) is 5.91 Å². The summed E-state index contributed by atoms with van der Waals surface area (Å²) < 4.78 is 10.4. The highest BCUT2D eigenvalue weighted by molar-refractivity contribution is 8.03. The Morgan fingerprint density at radius 2 is 1.81 bits per heavy atom. The minimum atomic E-state index is -0.504. The van der Waals surface area contributed by atoms with E-state index in [1.54, 1.807) is 12.1 Å². The number of nitriles is 1. The number of amides is 1. The van der Waals surface area contributed by atoms with Crippen molar-refractivity contribution in [2.24, 2.45) is 0 Å². The zero-order valence-corrected chi connectivity index (χ0v) is 16.0. The Morgan fingerprint density at radius 3 is 2.44 bits per heavy atom. The van der Waals surface area contributed by atoms with E-state index in [1.165, 1.54) is 0 Å². The summed E-state index contributed by atoms with van der Waals surface area (Å²) in [6.45, 7) is 3.51. The van der Waals surface area contributed by atoms with Crippen LogP contribution in [0.25, 0.3) is 0 Å². The topological polar surface area (TPSA) is 88.4 Å². The van der Waals surface area contributed by atoms with Gasteiger partial charge in [0, 0.05) is 10.6 Å². The van der Waals surface area contributed by atoms with Crippen LogP contribution in [0.4, 0.5) is 5.69 Å². The van der Waals surface area contributed by atoms with E-state index in [0.717, 1.165) is 27.8 Å². The van der Waals surface area contributed by atoms with Gasteiger partial charge in [0.15, 0.2) is 6.61 Å². The van der Waals surface area contributed by atoms with Crippen molar-refractivity contribution in [2.75, 3.05) is 18.5 Å². The molecule has 0 bridgehead atoms. The molecular weight excluding hydrogens is 364 g/mol. The summed E-state index contributed by atoms with van der Waals surface area (Å²) in [5.41, 5.74) is 2.33. The van der Waals surface area contributed by atoms with E-state index in [2.05, 4.69) is 5.32 Å². The standard InChI is InChI=1S/C20H20N2O4S/c1-14-10-17(27-13-21)11-15(2)20(14)22-18(23)12-26-19(24)8-9-25-16-6-4-3-5-7-16/h3-7,10-11H,8-9,12H2,1-2H3,(H,22,23). The number of para-hydroxylation sites is 1. The number of ether oxygens (including phenoxy) is 2. The van der Waals surface area contributed by atoms with Gasteiger partial charge in [0.1, 0.15) is 11.2 Å². The molecule has 2 aromatic rings. The van der Waals surface area contributed by atoms with Crippen molar-refractivity contribution in [1.82, 2.24) is 0 Å². The van der Waals surface area contributed by atoms with Crippen molar-refractivity contribution >= 4 is 29.3 Å². The summed E-state index contributed by atoms with van der Waals surface area (Å²) >= 11 is 1.06. The van der Waals surface area contributed by atoms with Gasteiger partial charge in [0.05, 0.1) is 13.0 Å². The minimum Gasteiger partial charge on any atom is -0.493 e. The maximum absolute atomic E-state index is 12.1. The third-order valence-electron chi connectivity index (χ3n) is 3.62. The molecule has 0 saturated carbocycles. The molecule has 1 amide bonds. The maximum Gasteiger partial charge on any atom is 0.309 e. The maximum atomic E-state index is 12.1. The SMILES string of the molecule is Cc1cc(SC#N)cc(C)c1NC(=O)COC(=O)CCOc1ccccc1. The number of hydrogen-bond acceptors (Lipinski definition) is 6. The molecule has 0 spiro atoms. The summed E-state index contributed by atoms with van der Waals surface area (Å²) in [5.74, 6) is -0.249. The summed E-state index contributed by atoms with van der Waals surface area (Å²) in [6, 6.07) is 12.8. The average Bonchev–Trinajstić information content (AvgIpc) is 2.64. The van der Waals surface area contributed by atoms with Crippen molar-refractivity contribution in [2.45, 2.75) is 25.2 Å². The predicted octanol–water partition coefficient (Wildman–Crippen LogP) is 3.83. The van der Waals surface area contributed by atoms with E-state index >= 15 is 0 Å². The molecule has 0 aliphatic heterocycles. The fourth-order valence-corrected chi connectivity index (χ4v) is 2.97. The molecule has 2 aromatic carbocycles. The van der Waals surface area contributed by atoms with Crippen LogP contribution in [0.5, 0.6) is 5.75 Å². The number of benzene rings is 2. The Bertz CT molecular complexity index is 824. The van der Waals surface area contributed by atoms with Crippen LogP contribution in [0.3, 0.4) is 0 Å². The van der Waals surface area contributed by atoms with Crippen LogP contribution < -0.4 is 10.1 Å². The van der Waals surface area contributed by atoms with Gasteiger partial charge in [0.2, 0.25) is 0 Å². The Balaban J connectivity index is 1.77. The highest BCUT2D eigenvalue weighted by Crippen LogP contribution is 2.27. The average molecular weight is 384 g/mol. The molecule has 0 atom stereocenters. The normalized spacial score (nSPS) is 9.96. The summed E-state index contributed by atoms with van der Waals surface area (Å²) in [5, 5.41) is 13.5. The molecule has 7 heteroatoms. The van der Waals surface area contributed by atoms with Gasteiger partial charge < -0.3 is 14.8 Å². The monoisotopic (exact) mass is 384 g/mol. The number of aryl methyl sites for hydroxylation is 2. The Hall–Kier alpha value is -2.98. The summed E-state index contributed by atoms with van der Waals surface area (Å²) in [7, 11) is 0. The van der Waals surface area contributed by atoms with Crippen LogP contribution in [-0.4, -0.2) is 25.1 Å². The van der Waals surface area contributed by atoms with E-state index in [0.29, 0.717) is 11.4 Å². The Labute approximate surface area is 162 Å². The smallest absolute Gasteiger partial charge is 0.309 e. The first-order valence-corrected chi connectivity index (χ1v) is 9.11. The largest absolute Gasteiger partial charge is 0.493 e. The van der Waals surface area contributed by atoms with E-state index in [1.807, 2.05) is 49.6 Å². The molecule has 0 unspecified atom stereocenters. The number of hydrogen-bond donors (Lipinski definition) is 1. The highest BCUT2D eigenvalue weighted by Gasteiger charge is 2.12. The molecule has 2 rings (SSSR count). The van der Waals surface area contributed by atoms with Gasteiger partial charge in [-0.1, -0.05) is 18.2 Å². The second kappa shape index (κ2) is 10.2. The van der Waals surface area contributed by atoms with Gasteiger partial charge in [-0.3, -0.25) is 9.59 Å².